The van der Waals surface area contributed by atoms with Gasteiger partial charge in [0.1, 0.15) is 11.3 Å². The van der Waals surface area contributed by atoms with E-state index in [-0.39, 0.29) is 11.9 Å². The monoisotopic (exact) mass is 337 g/mol. The maximum atomic E-state index is 12.5. The van der Waals surface area contributed by atoms with Gasteiger partial charge >= 0.3 is 0 Å². The first kappa shape index (κ1) is 17.1. The van der Waals surface area contributed by atoms with Crippen LogP contribution in [-0.4, -0.2) is 13.0 Å². The summed E-state index contributed by atoms with van der Waals surface area (Å²) in [4.78, 5) is 12.5. The second-order valence-electron chi connectivity index (χ2n) is 6.24. The third kappa shape index (κ3) is 3.85. The van der Waals surface area contributed by atoms with Crippen molar-refractivity contribution >= 4 is 16.9 Å². The molecule has 0 spiro atoms. The quantitative estimate of drug-likeness (QED) is 0.717. The highest BCUT2D eigenvalue weighted by Crippen LogP contribution is 2.26. The smallest absolute Gasteiger partial charge is 0.225 e. The predicted molar refractivity (Wildman–Crippen MR) is 98.8 cm³/mol. The largest absolute Gasteiger partial charge is 0.497 e. The summed E-state index contributed by atoms with van der Waals surface area (Å²) in [5.74, 6) is 0.731. The number of ether oxygens (including phenoxy) is 1. The molecular weight excluding hydrogens is 314 g/mol. The third-order valence-electron chi connectivity index (χ3n) is 4.44. The van der Waals surface area contributed by atoms with Crippen molar-refractivity contribution in [3.8, 4) is 5.75 Å². The molecule has 1 atom stereocenters. The SMILES string of the molecule is CCC(NC(=O)Cc1coc2cc(OC)ccc12)c1ccc(C)cc1. The molecule has 1 aromatic heterocycles. The van der Waals surface area contributed by atoms with Crippen molar-refractivity contribution in [1.29, 1.82) is 0 Å². The lowest BCUT2D eigenvalue weighted by atomic mass is 10.0. The zero-order valence-electron chi connectivity index (χ0n) is 14.8. The number of aryl methyl sites for hydroxylation is 1. The molecule has 0 fully saturated rings. The fourth-order valence-corrected chi connectivity index (χ4v) is 2.97. The first-order valence-corrected chi connectivity index (χ1v) is 8.50. The summed E-state index contributed by atoms with van der Waals surface area (Å²) in [6.45, 7) is 4.13. The Hall–Kier alpha value is -2.75. The second kappa shape index (κ2) is 7.43. The molecule has 1 heterocycles. The number of rotatable bonds is 6. The van der Waals surface area contributed by atoms with Gasteiger partial charge in [0.05, 0.1) is 25.8 Å². The molecule has 4 heteroatoms. The van der Waals surface area contributed by atoms with Gasteiger partial charge in [0.15, 0.2) is 0 Å². The Bertz CT molecular complexity index is 864. The maximum absolute atomic E-state index is 12.5. The van der Waals surface area contributed by atoms with Crippen molar-refractivity contribution < 1.29 is 13.9 Å². The van der Waals surface area contributed by atoms with Crippen molar-refractivity contribution in [1.82, 2.24) is 5.32 Å². The maximum Gasteiger partial charge on any atom is 0.225 e. The first-order valence-electron chi connectivity index (χ1n) is 8.50. The van der Waals surface area contributed by atoms with Crippen LogP contribution in [0.1, 0.15) is 36.1 Å². The highest BCUT2D eigenvalue weighted by Gasteiger charge is 2.15. The van der Waals surface area contributed by atoms with E-state index in [1.807, 2.05) is 18.2 Å². The Labute approximate surface area is 147 Å². The number of nitrogens with one attached hydrogen (secondary N) is 1. The predicted octanol–water partition coefficient (Wildman–Crippen LogP) is 4.56. The summed E-state index contributed by atoms with van der Waals surface area (Å²) in [5.41, 5.74) is 3.95. The number of benzene rings is 2. The summed E-state index contributed by atoms with van der Waals surface area (Å²) in [5, 5.41) is 4.07. The van der Waals surface area contributed by atoms with Crippen LogP contribution in [0.5, 0.6) is 5.75 Å². The molecule has 1 unspecified atom stereocenters. The van der Waals surface area contributed by atoms with E-state index in [2.05, 4.69) is 43.4 Å². The van der Waals surface area contributed by atoms with Crippen LogP contribution in [0.25, 0.3) is 11.0 Å². The van der Waals surface area contributed by atoms with E-state index in [0.717, 1.165) is 34.3 Å². The Morgan fingerprint density at radius 1 is 1.20 bits per heavy atom. The molecule has 130 valence electrons. The zero-order valence-corrected chi connectivity index (χ0v) is 14.8. The molecule has 25 heavy (non-hydrogen) atoms. The topological polar surface area (TPSA) is 51.5 Å². The van der Waals surface area contributed by atoms with Crippen LogP contribution in [0.15, 0.2) is 53.1 Å². The van der Waals surface area contributed by atoms with Crippen molar-refractivity contribution in [2.75, 3.05) is 7.11 Å². The summed E-state index contributed by atoms with van der Waals surface area (Å²) in [6.07, 6.45) is 2.79. The van der Waals surface area contributed by atoms with Crippen LogP contribution in [0.3, 0.4) is 0 Å². The van der Waals surface area contributed by atoms with Crippen LogP contribution in [-0.2, 0) is 11.2 Å². The minimum Gasteiger partial charge on any atom is -0.497 e. The summed E-state index contributed by atoms with van der Waals surface area (Å²) in [7, 11) is 1.62. The summed E-state index contributed by atoms with van der Waals surface area (Å²) in [6, 6.07) is 13.9. The molecule has 2 aromatic carbocycles. The Morgan fingerprint density at radius 2 is 1.96 bits per heavy atom. The highest BCUT2D eigenvalue weighted by atomic mass is 16.5. The van der Waals surface area contributed by atoms with E-state index < -0.39 is 0 Å². The lowest BCUT2D eigenvalue weighted by Gasteiger charge is -2.17. The second-order valence-corrected chi connectivity index (χ2v) is 6.24. The van der Waals surface area contributed by atoms with Gasteiger partial charge in [0, 0.05) is 17.0 Å². The fourth-order valence-electron chi connectivity index (χ4n) is 2.97. The molecule has 3 rings (SSSR count). The molecule has 3 aromatic rings. The number of hydrogen-bond acceptors (Lipinski definition) is 3. The van der Waals surface area contributed by atoms with Crippen molar-refractivity contribution in [3.63, 3.8) is 0 Å². The van der Waals surface area contributed by atoms with Gasteiger partial charge in [-0.3, -0.25) is 4.79 Å². The van der Waals surface area contributed by atoms with Crippen molar-refractivity contribution in [2.45, 2.75) is 32.7 Å². The van der Waals surface area contributed by atoms with Crippen LogP contribution >= 0.6 is 0 Å². The number of carbonyl (C=O) groups is 1. The molecule has 0 aliphatic heterocycles. The summed E-state index contributed by atoms with van der Waals surface area (Å²) >= 11 is 0. The van der Waals surface area contributed by atoms with E-state index in [4.69, 9.17) is 9.15 Å². The van der Waals surface area contributed by atoms with Gasteiger partial charge in [-0.15, -0.1) is 0 Å². The average molecular weight is 337 g/mol. The van der Waals surface area contributed by atoms with Crippen LogP contribution in [0.4, 0.5) is 0 Å². The number of furan rings is 1. The third-order valence-corrected chi connectivity index (χ3v) is 4.44. The molecule has 0 aliphatic rings. The molecule has 0 saturated carbocycles. The van der Waals surface area contributed by atoms with Gasteiger partial charge < -0.3 is 14.5 Å². The first-order chi connectivity index (χ1) is 12.1. The highest BCUT2D eigenvalue weighted by molar-refractivity contribution is 5.88. The van der Waals surface area contributed by atoms with Crippen molar-refractivity contribution in [2.24, 2.45) is 0 Å². The lowest BCUT2D eigenvalue weighted by Crippen LogP contribution is -2.29. The minimum absolute atomic E-state index is 0.00839. The van der Waals surface area contributed by atoms with Crippen LogP contribution < -0.4 is 10.1 Å². The lowest BCUT2D eigenvalue weighted by molar-refractivity contribution is -0.121. The van der Waals surface area contributed by atoms with Crippen LogP contribution in [0.2, 0.25) is 0 Å². The van der Waals surface area contributed by atoms with Gasteiger partial charge in [-0.25, -0.2) is 0 Å². The Morgan fingerprint density at radius 3 is 2.64 bits per heavy atom. The Kier molecular flexibility index (Phi) is 5.08. The molecule has 0 bridgehead atoms. The minimum atomic E-state index is -0.00839. The molecule has 1 amide bonds. The van der Waals surface area contributed by atoms with Gasteiger partial charge in [-0.05, 0) is 31.0 Å². The normalized spacial score (nSPS) is 12.1. The molecule has 0 radical (unpaired) electrons. The van der Waals surface area contributed by atoms with E-state index in [0.29, 0.717) is 6.42 Å². The van der Waals surface area contributed by atoms with Gasteiger partial charge in [0.2, 0.25) is 5.91 Å². The zero-order chi connectivity index (χ0) is 17.8. The van der Waals surface area contributed by atoms with Gasteiger partial charge in [-0.1, -0.05) is 36.8 Å². The van der Waals surface area contributed by atoms with E-state index in [9.17, 15) is 4.79 Å². The number of methoxy groups -OCH3 is 1. The standard InChI is InChI=1S/C21H23NO3/c1-4-19(15-7-5-14(2)6-8-15)22-21(23)11-16-13-25-20-12-17(24-3)9-10-18(16)20/h5-10,12-13,19H,4,11H2,1-3H3,(H,22,23). The van der Waals surface area contributed by atoms with Gasteiger partial charge in [0.25, 0.3) is 0 Å². The van der Waals surface area contributed by atoms with Crippen molar-refractivity contribution in [3.05, 3.63) is 65.4 Å². The van der Waals surface area contributed by atoms with Gasteiger partial charge in [-0.2, -0.15) is 0 Å². The van der Waals surface area contributed by atoms with Crippen LogP contribution in [0, 0.1) is 6.92 Å². The number of amides is 1. The molecule has 0 aliphatic carbocycles. The average Bonchev–Trinajstić information content (AvgIpc) is 3.02. The van der Waals surface area contributed by atoms with E-state index in [1.165, 1.54) is 5.56 Å². The molecule has 1 N–H and O–H groups in total. The number of carbonyl (C=O) groups excluding carboxylic acids is 1. The molecular formula is C21H23NO3. The Balaban J connectivity index is 1.72. The number of fused-ring (bicyclic) bond motifs is 1. The molecule has 4 nitrogen and oxygen atoms in total. The molecule has 0 saturated heterocycles. The number of hydrogen-bond donors (Lipinski definition) is 1. The fraction of sp³-hybridized carbons (Fsp3) is 0.286. The van der Waals surface area contributed by atoms with E-state index in [1.54, 1.807) is 13.4 Å². The van der Waals surface area contributed by atoms with E-state index >= 15 is 0 Å². The summed E-state index contributed by atoms with van der Waals surface area (Å²) < 4.78 is 10.8.